The molecule has 0 saturated heterocycles. The van der Waals surface area contributed by atoms with Gasteiger partial charge in [-0.2, -0.15) is 0 Å². The number of rotatable bonds is 11. The number of ether oxygens (including phenoxy) is 3. The van der Waals surface area contributed by atoms with Crippen molar-refractivity contribution in [3.63, 3.8) is 0 Å². The maximum Gasteiger partial charge on any atom is 0.268 e. The Balaban J connectivity index is 0.788. The third-order valence-electron chi connectivity index (χ3n) is 21.4. The number of benzene rings is 14. The van der Waals surface area contributed by atoms with E-state index in [1.165, 1.54) is 46.4 Å². The lowest BCUT2D eigenvalue weighted by Gasteiger charge is -2.42. The zero-order chi connectivity index (χ0) is 68.3. The summed E-state index contributed by atoms with van der Waals surface area (Å²) in [5, 5.41) is 6.52. The van der Waals surface area contributed by atoms with E-state index in [1.54, 1.807) is 11.9 Å². The summed E-state index contributed by atoms with van der Waals surface area (Å²) in [7, 11) is 0. The van der Waals surface area contributed by atoms with E-state index in [4.69, 9.17) is 14.2 Å². The van der Waals surface area contributed by atoms with Crippen molar-refractivity contribution < 1.29 is 14.2 Å². The van der Waals surface area contributed by atoms with E-state index in [0.29, 0.717) is 0 Å². The van der Waals surface area contributed by atoms with Crippen LogP contribution < -0.4 is 91.2 Å². The molecule has 1 N–H and O–H groups in total. The first kappa shape index (κ1) is 59.4. The van der Waals surface area contributed by atoms with Gasteiger partial charge in [0.15, 0.2) is 0 Å². The van der Waals surface area contributed by atoms with Gasteiger partial charge in [-0.1, -0.05) is 170 Å². The van der Waals surface area contributed by atoms with E-state index in [-0.39, 0.29) is 20.1 Å². The number of nitrogens with one attached hydrogen (secondary N) is 1. The highest BCUT2D eigenvalue weighted by molar-refractivity contribution is 8.00. The number of anilines is 16. The molecule has 0 spiro atoms. The Kier molecular flexibility index (Phi) is 13.4. The predicted molar refractivity (Wildman–Crippen MR) is 441 cm³/mol. The molecule has 0 aliphatic carbocycles. The molecule has 6 aliphatic rings. The second-order valence-electron chi connectivity index (χ2n) is 27.1. The molecule has 2 aromatic heterocycles. The van der Waals surface area contributed by atoms with Gasteiger partial charge in [-0.15, -0.1) is 22.7 Å². The van der Waals surface area contributed by atoms with Crippen LogP contribution in [-0.2, 0) is 0 Å². The number of hydrogen-bond acceptors (Lipinski definition) is 12. The van der Waals surface area contributed by atoms with Crippen molar-refractivity contribution in [2.24, 2.45) is 0 Å². The van der Waals surface area contributed by atoms with Gasteiger partial charge in [-0.3, -0.25) is 4.31 Å². The Bertz CT molecular complexity index is 6060. The molecule has 0 unspecified atom stereocenters. The quantitative estimate of drug-likeness (QED) is 0.100. The lowest BCUT2D eigenvalue weighted by Crippen LogP contribution is -2.64. The van der Waals surface area contributed by atoms with Gasteiger partial charge in [-0.25, -0.2) is 0 Å². The fraction of sp³-hybridized carbons (Fsp3) is 0.0112. The van der Waals surface area contributed by atoms with Crippen molar-refractivity contribution in [1.29, 1.82) is 0 Å². The maximum atomic E-state index is 7.71. The fourth-order valence-electron chi connectivity index (χ4n) is 17.1. The molecule has 15 heteroatoms. The van der Waals surface area contributed by atoms with Gasteiger partial charge in [-0.05, 0) is 166 Å². The van der Waals surface area contributed by atoms with Crippen LogP contribution in [-0.4, -0.2) is 26.4 Å². The van der Waals surface area contributed by atoms with E-state index in [1.807, 2.05) is 22.7 Å². The minimum absolute atomic E-state index is 0.176. The van der Waals surface area contributed by atoms with E-state index >= 15 is 0 Å². The molecule has 104 heavy (non-hydrogen) atoms. The maximum absolute atomic E-state index is 7.71. The van der Waals surface area contributed by atoms with Gasteiger partial charge < -0.3 is 39.1 Å². The molecule has 0 fully saturated rings. The molecule has 488 valence electrons. The monoisotopic (exact) mass is 1390 g/mol. The van der Waals surface area contributed by atoms with E-state index in [2.05, 4.69) is 357 Å². The van der Waals surface area contributed by atoms with Crippen LogP contribution in [0.2, 0.25) is 0 Å². The Hall–Kier alpha value is -12.3. The first-order valence-corrected chi connectivity index (χ1v) is 38.0. The highest BCUT2D eigenvalue weighted by atomic mass is 32.2. The Morgan fingerprint density at radius 3 is 1.31 bits per heavy atom. The molecule has 16 aromatic rings. The summed E-state index contributed by atoms with van der Waals surface area (Å²) in [6, 6.07) is 116. The number of fused-ring (bicyclic) bond motifs is 16. The molecule has 0 bridgehead atoms. The Morgan fingerprint density at radius 2 is 0.760 bits per heavy atom. The molecular formula is C89H57B3N6O3S3. The molecular weight excluding hydrogens is 1330 g/mol. The van der Waals surface area contributed by atoms with Gasteiger partial charge in [0.25, 0.3) is 20.1 Å². The summed E-state index contributed by atoms with van der Waals surface area (Å²) in [4.78, 5) is 9.56. The SMILES string of the molecule is CSN1c2cc3c(cc2B2c4sc5ccccc5c4Oc4cc(N(c5ccccc5)c5ccccc5)cc1c42)B1c2cc4c(cc2Oc2cc(N(c5ccccc5)c5ccccc5)cc(c21)O3)Nc1cc(N(c2ccccc2)c2ccccc2)cc2c1B4c1sc3ccccc3c1N2c1ccccc1. The Labute approximate surface area is 615 Å². The number of para-hydroxylation sites is 7. The average molecular weight is 1390 g/mol. The standard InChI is InChI=1S/C89H57B3N6O3S3/c1-102-98-73-54-77-70(52-68(73)92-84-75(98)47-63(95(57-31-13-4-14-32-57)58-33-15-5-16-34-58)48-78(84)101-87-66-42-24-26-44-82(66)104-89(87)92)90-69-51-67-71(53-76(69)99-79-49-64(50-80(100-77)85(79)90)96(59-35-17-6-18-36-59)60-37-19-7-20-38-60)93-72-45-62(94(55-27-9-2-10-28-55)56-29-11-3-12-30-56)46-74-83(72)91(67)88-86(65-41-23-25-43-81(65)103-88)97(74)61-39-21-8-22-40-61/h2-54,93H,1H3. The van der Waals surface area contributed by atoms with Crippen LogP contribution in [0.4, 0.5) is 91.0 Å². The minimum Gasteiger partial charge on any atom is -0.458 e. The molecule has 0 amide bonds. The first-order chi connectivity index (χ1) is 51.5. The average Bonchev–Trinajstić information content (AvgIpc) is 1.24. The lowest BCUT2D eigenvalue weighted by molar-refractivity contribution is 0.465. The third kappa shape index (κ3) is 9.03. The van der Waals surface area contributed by atoms with Crippen LogP contribution in [0.5, 0.6) is 34.5 Å². The van der Waals surface area contributed by atoms with Gasteiger partial charge in [0.2, 0.25) is 0 Å². The highest BCUT2D eigenvalue weighted by Crippen LogP contribution is 2.52. The summed E-state index contributed by atoms with van der Waals surface area (Å²) in [5.74, 6) is 4.81. The summed E-state index contributed by atoms with van der Waals surface area (Å²) in [5.41, 5.74) is 24.7. The van der Waals surface area contributed by atoms with Gasteiger partial charge >= 0.3 is 0 Å². The topological polar surface area (TPSA) is 55.9 Å². The van der Waals surface area contributed by atoms with E-state index in [9.17, 15) is 0 Å². The van der Waals surface area contributed by atoms with Crippen LogP contribution in [0.1, 0.15) is 0 Å². The zero-order valence-corrected chi connectivity index (χ0v) is 58.5. The molecule has 9 nitrogen and oxygen atoms in total. The third-order valence-corrected chi connectivity index (χ3v) is 24.6. The second-order valence-corrected chi connectivity index (χ2v) is 30.0. The largest absolute Gasteiger partial charge is 0.458 e. The molecule has 8 heterocycles. The van der Waals surface area contributed by atoms with Crippen molar-refractivity contribution in [1.82, 2.24) is 0 Å². The van der Waals surface area contributed by atoms with Crippen LogP contribution in [0, 0.1) is 0 Å². The van der Waals surface area contributed by atoms with Crippen LogP contribution >= 0.6 is 34.6 Å². The number of nitrogens with zero attached hydrogens (tertiary/aromatic N) is 5. The second kappa shape index (κ2) is 23.4. The normalized spacial score (nSPS) is 13.3. The molecule has 0 atom stereocenters. The van der Waals surface area contributed by atoms with Crippen molar-refractivity contribution in [3.8, 4) is 34.5 Å². The van der Waals surface area contributed by atoms with Crippen LogP contribution in [0.3, 0.4) is 0 Å². The summed E-state index contributed by atoms with van der Waals surface area (Å²) in [6.45, 7) is -0.705. The Morgan fingerprint density at radius 1 is 0.327 bits per heavy atom. The number of hydrogen-bond donors (Lipinski definition) is 1. The summed E-state index contributed by atoms with van der Waals surface area (Å²) < 4.78 is 30.2. The van der Waals surface area contributed by atoms with Crippen LogP contribution in [0.25, 0.3) is 20.2 Å². The van der Waals surface area contributed by atoms with E-state index < -0.39 is 0 Å². The van der Waals surface area contributed by atoms with Gasteiger partial charge in [0.1, 0.15) is 34.5 Å². The van der Waals surface area contributed by atoms with Gasteiger partial charge in [0.05, 0.1) is 34.1 Å². The van der Waals surface area contributed by atoms with Crippen molar-refractivity contribution >= 4 is 214 Å². The summed E-state index contributed by atoms with van der Waals surface area (Å²) in [6.07, 6.45) is 2.19. The predicted octanol–water partition coefficient (Wildman–Crippen LogP) is 19.0. The van der Waals surface area contributed by atoms with Crippen LogP contribution in [0.15, 0.2) is 322 Å². The molecule has 0 radical (unpaired) electrons. The summed E-state index contributed by atoms with van der Waals surface area (Å²) >= 11 is 5.44. The highest BCUT2D eigenvalue weighted by Gasteiger charge is 2.50. The van der Waals surface area contributed by atoms with Crippen molar-refractivity contribution in [2.45, 2.75) is 0 Å². The molecule has 0 saturated carbocycles. The van der Waals surface area contributed by atoms with Crippen molar-refractivity contribution in [3.05, 3.63) is 322 Å². The molecule has 6 aliphatic heterocycles. The van der Waals surface area contributed by atoms with E-state index in [0.717, 1.165) is 147 Å². The minimum atomic E-state index is -0.336. The smallest absolute Gasteiger partial charge is 0.268 e. The molecule has 14 aromatic carbocycles. The first-order valence-electron chi connectivity index (χ1n) is 35.2. The number of thiophene rings is 2. The fourth-order valence-corrected chi connectivity index (χ4v) is 20.4. The lowest BCUT2D eigenvalue weighted by atomic mass is 9.31. The molecule has 22 rings (SSSR count). The van der Waals surface area contributed by atoms with Crippen molar-refractivity contribution in [2.75, 3.05) is 35.5 Å². The zero-order valence-electron chi connectivity index (χ0n) is 56.0. The van der Waals surface area contributed by atoms with Gasteiger partial charge in [0, 0.05) is 129 Å².